The minimum atomic E-state index is -1.50. The molecule has 0 aliphatic rings. The van der Waals surface area contributed by atoms with E-state index in [0.29, 0.717) is 0 Å². The molecular weight excluding hydrogens is 284 g/mol. The van der Waals surface area contributed by atoms with Gasteiger partial charge >= 0.3 is 0 Å². The standard InChI is InChI=1S/C4H14N8.2HNO3/c5-3(6)11(9)1-2-12(10)4(7)8;2*2-1(3)4/h1-2,9-10H2,(H3,5,6)(H3,7,8);2*(H,2,3,4). The van der Waals surface area contributed by atoms with Gasteiger partial charge in [0.25, 0.3) is 10.2 Å². The summed E-state index contributed by atoms with van der Waals surface area (Å²) >= 11 is 0. The van der Waals surface area contributed by atoms with Crippen LogP contribution in [0, 0.1) is 31.0 Å². The molecule has 0 saturated carbocycles. The Morgan fingerprint density at radius 3 is 1.20 bits per heavy atom. The third-order valence-electron chi connectivity index (χ3n) is 1.20. The maximum absolute atomic E-state index is 8.36. The van der Waals surface area contributed by atoms with Crippen molar-refractivity contribution in [2.24, 2.45) is 23.2 Å². The zero-order chi connectivity index (χ0) is 16.9. The molecule has 0 amide bonds. The largest absolute Gasteiger partial charge is 0.369 e. The Hall–Kier alpha value is -3.14. The van der Waals surface area contributed by atoms with E-state index in [1.165, 1.54) is 0 Å². The van der Waals surface area contributed by atoms with E-state index in [0.717, 1.165) is 10.0 Å². The van der Waals surface area contributed by atoms with Crippen LogP contribution >= 0.6 is 0 Å². The number of guanidine groups is 2. The van der Waals surface area contributed by atoms with E-state index in [-0.39, 0.29) is 25.0 Å². The van der Waals surface area contributed by atoms with Crippen LogP contribution in [0.3, 0.4) is 0 Å². The molecule has 12 N–H and O–H groups in total. The number of nitrogens with one attached hydrogen (secondary N) is 2. The van der Waals surface area contributed by atoms with Gasteiger partial charge < -0.3 is 21.9 Å². The number of nitrogens with zero attached hydrogens (tertiary/aromatic N) is 4. The predicted molar refractivity (Wildman–Crippen MR) is 63.2 cm³/mol. The van der Waals surface area contributed by atoms with Crippen molar-refractivity contribution < 1.29 is 20.6 Å². The first-order chi connectivity index (χ1) is 8.91. The van der Waals surface area contributed by atoms with Gasteiger partial charge in [-0.1, -0.05) is 0 Å². The molecule has 16 heteroatoms. The van der Waals surface area contributed by atoms with Crippen molar-refractivity contribution >= 4 is 11.9 Å². The van der Waals surface area contributed by atoms with Gasteiger partial charge in [0.2, 0.25) is 11.9 Å². The molecule has 0 saturated heterocycles. The Balaban J connectivity index is -0.000000297. The average molecular weight is 300 g/mol. The smallest absolute Gasteiger partial charge is 0.291 e. The van der Waals surface area contributed by atoms with E-state index in [9.17, 15) is 0 Å². The molecule has 0 fully saturated rings. The number of hydrogen-bond donors (Lipinski definition) is 8. The first-order valence-corrected chi connectivity index (χ1v) is 4.30. The van der Waals surface area contributed by atoms with Gasteiger partial charge in [0.1, 0.15) is 0 Å². The third kappa shape index (κ3) is 29.4. The molecule has 0 radical (unpaired) electrons. The van der Waals surface area contributed by atoms with Gasteiger partial charge in [0, 0.05) is 0 Å². The van der Waals surface area contributed by atoms with Gasteiger partial charge in [0.15, 0.2) is 0 Å². The van der Waals surface area contributed by atoms with Crippen LogP contribution < -0.4 is 23.2 Å². The van der Waals surface area contributed by atoms with Gasteiger partial charge in [-0.05, 0) is 0 Å². The van der Waals surface area contributed by atoms with Crippen molar-refractivity contribution in [2.45, 2.75) is 0 Å². The lowest BCUT2D eigenvalue weighted by Gasteiger charge is -2.20. The molecule has 0 aromatic heterocycles. The summed E-state index contributed by atoms with van der Waals surface area (Å²) < 4.78 is 0. The summed E-state index contributed by atoms with van der Waals surface area (Å²) in [5, 5.41) is 43.1. The molecule has 16 nitrogen and oxygen atoms in total. The molecule has 0 aliphatic carbocycles. The molecule has 0 heterocycles. The maximum Gasteiger partial charge on any atom is 0.291 e. The lowest BCUT2D eigenvalue weighted by molar-refractivity contribution is -0.742. The Kier molecular flexibility index (Phi) is 13.6. The lowest BCUT2D eigenvalue weighted by atomic mass is 10.6. The zero-order valence-corrected chi connectivity index (χ0v) is 10.0. The normalized spacial score (nSPS) is 7.90. The minimum Gasteiger partial charge on any atom is -0.369 e. The average Bonchev–Trinajstić information content (AvgIpc) is 2.23. The highest BCUT2D eigenvalue weighted by Crippen LogP contribution is 1.78. The SMILES string of the molecule is N=C(N)N(N)CCN(N)C(=N)N.O=[N+]([O-])O.O=[N+]([O-])O. The van der Waals surface area contributed by atoms with Crippen LogP contribution in [-0.2, 0) is 0 Å². The quantitative estimate of drug-likeness (QED) is 0.0824. The second-order valence-corrected chi connectivity index (χ2v) is 2.63. The van der Waals surface area contributed by atoms with E-state index in [2.05, 4.69) is 0 Å². The third-order valence-corrected chi connectivity index (χ3v) is 1.20. The second kappa shape index (κ2) is 12.3. The van der Waals surface area contributed by atoms with Crippen LogP contribution in [0.15, 0.2) is 0 Å². The Labute approximate surface area is 111 Å². The highest BCUT2D eigenvalue weighted by atomic mass is 16.9. The van der Waals surface area contributed by atoms with Crippen molar-refractivity contribution in [3.63, 3.8) is 0 Å². The summed E-state index contributed by atoms with van der Waals surface area (Å²) in [4.78, 5) is 16.7. The summed E-state index contributed by atoms with van der Waals surface area (Å²) in [5.74, 6) is 10.00. The minimum absolute atomic E-state index is 0.241. The van der Waals surface area contributed by atoms with Crippen molar-refractivity contribution in [2.75, 3.05) is 13.1 Å². The highest BCUT2D eigenvalue weighted by molar-refractivity contribution is 5.75. The molecule has 0 rings (SSSR count). The summed E-state index contributed by atoms with van der Waals surface area (Å²) in [6.07, 6.45) is 0. The molecule has 0 aromatic carbocycles. The van der Waals surface area contributed by atoms with Crippen LogP contribution in [0.5, 0.6) is 0 Å². The Morgan fingerprint density at radius 2 is 1.10 bits per heavy atom. The molecule has 118 valence electrons. The van der Waals surface area contributed by atoms with Gasteiger partial charge in [-0.15, -0.1) is 20.2 Å². The molecule has 0 bridgehead atoms. The monoisotopic (exact) mass is 300 g/mol. The predicted octanol–water partition coefficient (Wildman–Crippen LogP) is -3.57. The van der Waals surface area contributed by atoms with Crippen molar-refractivity contribution in [1.29, 1.82) is 10.8 Å². The summed E-state index contributed by atoms with van der Waals surface area (Å²) in [5.41, 5.74) is 10.1. The molecule has 0 aliphatic heterocycles. The first kappa shape index (κ1) is 22.1. The van der Waals surface area contributed by atoms with E-state index >= 15 is 0 Å². The van der Waals surface area contributed by atoms with Crippen LogP contribution in [0.2, 0.25) is 0 Å². The first-order valence-electron chi connectivity index (χ1n) is 4.30. The number of hydrazine groups is 2. The van der Waals surface area contributed by atoms with Crippen molar-refractivity contribution in [1.82, 2.24) is 10.0 Å². The van der Waals surface area contributed by atoms with Crippen LogP contribution in [0.1, 0.15) is 0 Å². The fourth-order valence-electron chi connectivity index (χ4n) is 0.456. The lowest BCUT2D eigenvalue weighted by Crippen LogP contribution is -2.50. The van der Waals surface area contributed by atoms with Gasteiger partial charge in [0.05, 0.1) is 13.1 Å². The fourth-order valence-corrected chi connectivity index (χ4v) is 0.456. The number of rotatable bonds is 3. The summed E-state index contributed by atoms with van der Waals surface area (Å²) in [6.45, 7) is 0.483. The Morgan fingerprint density at radius 1 is 0.950 bits per heavy atom. The van der Waals surface area contributed by atoms with Gasteiger partial charge in [-0.2, -0.15) is 0 Å². The maximum atomic E-state index is 8.36. The van der Waals surface area contributed by atoms with Crippen LogP contribution in [0.25, 0.3) is 0 Å². The van der Waals surface area contributed by atoms with E-state index < -0.39 is 10.2 Å². The summed E-state index contributed by atoms with van der Waals surface area (Å²) in [7, 11) is 0. The topological polar surface area (TPSA) is 285 Å². The van der Waals surface area contributed by atoms with E-state index in [1.807, 2.05) is 0 Å². The van der Waals surface area contributed by atoms with Gasteiger partial charge in [-0.3, -0.25) is 20.8 Å². The molecule has 0 unspecified atom stereocenters. The van der Waals surface area contributed by atoms with Crippen molar-refractivity contribution in [3.05, 3.63) is 20.2 Å². The van der Waals surface area contributed by atoms with Crippen LogP contribution in [0.4, 0.5) is 0 Å². The Bertz CT molecular complexity index is 294. The fraction of sp³-hybridized carbons (Fsp3) is 0.500. The number of hydrogen-bond acceptors (Lipinski definition) is 8. The van der Waals surface area contributed by atoms with Crippen LogP contribution in [-0.4, -0.2) is 55.6 Å². The molecule has 0 aromatic rings. The summed E-state index contributed by atoms with van der Waals surface area (Å²) in [6, 6.07) is 0. The zero-order valence-electron chi connectivity index (χ0n) is 10.0. The van der Waals surface area contributed by atoms with Crippen molar-refractivity contribution in [3.8, 4) is 0 Å². The second-order valence-electron chi connectivity index (χ2n) is 2.63. The van der Waals surface area contributed by atoms with E-state index in [4.69, 9.17) is 64.6 Å². The molecule has 20 heavy (non-hydrogen) atoms. The van der Waals surface area contributed by atoms with E-state index in [1.54, 1.807) is 0 Å². The highest BCUT2D eigenvalue weighted by Gasteiger charge is 2.04. The molecule has 0 spiro atoms. The number of nitrogens with two attached hydrogens (primary N) is 4. The molecular formula is C4H16N10O6. The molecule has 0 atom stereocenters. The van der Waals surface area contributed by atoms with Gasteiger partial charge in [-0.25, -0.2) is 11.7 Å².